The van der Waals surface area contributed by atoms with Crippen molar-refractivity contribution in [1.29, 1.82) is 5.26 Å². The van der Waals surface area contributed by atoms with Gasteiger partial charge in [-0.2, -0.15) is 5.26 Å². The van der Waals surface area contributed by atoms with Crippen molar-refractivity contribution in [3.63, 3.8) is 0 Å². The van der Waals surface area contributed by atoms with Crippen LogP contribution in [0.2, 0.25) is 0 Å². The number of rotatable bonds is 4. The lowest BCUT2D eigenvalue weighted by atomic mass is 10.1. The molecular formula is C17H16N6O. The molecule has 0 atom stereocenters. The van der Waals surface area contributed by atoms with Crippen molar-refractivity contribution in [3.05, 3.63) is 48.4 Å². The Labute approximate surface area is 138 Å². The summed E-state index contributed by atoms with van der Waals surface area (Å²) in [5.41, 5.74) is 4.17. The highest BCUT2D eigenvalue weighted by Gasteiger charge is 2.09. The van der Waals surface area contributed by atoms with Crippen LogP contribution < -0.4 is 5.32 Å². The Hall–Kier alpha value is -3.40. The first-order valence-electron chi connectivity index (χ1n) is 7.44. The summed E-state index contributed by atoms with van der Waals surface area (Å²) in [7, 11) is 1.93. The molecule has 7 nitrogen and oxygen atoms in total. The Balaban J connectivity index is 1.96. The first-order chi connectivity index (χ1) is 11.7. The molecule has 120 valence electrons. The maximum atomic E-state index is 9.10. The molecule has 3 heterocycles. The van der Waals surface area contributed by atoms with Crippen LogP contribution in [0.1, 0.15) is 18.2 Å². The summed E-state index contributed by atoms with van der Waals surface area (Å²) in [6, 6.07) is 5.63. The third kappa shape index (κ3) is 2.77. The Morgan fingerprint density at radius 3 is 2.88 bits per heavy atom. The molecule has 0 radical (unpaired) electrons. The number of allylic oxidation sites excluding steroid dienone is 1. The quantitative estimate of drug-likeness (QED) is 0.566. The fraction of sp³-hybridized carbons (Fsp3) is 0.176. The Bertz CT molecular complexity index is 967. The highest BCUT2D eigenvalue weighted by atomic mass is 16.2. The van der Waals surface area contributed by atoms with Crippen LogP contribution in [0.4, 0.5) is 11.5 Å². The molecule has 0 amide bonds. The monoisotopic (exact) mass is 320 g/mol. The van der Waals surface area contributed by atoms with Crippen LogP contribution in [-0.4, -0.2) is 24.6 Å². The summed E-state index contributed by atoms with van der Waals surface area (Å²) in [5.74, 6) is 0.688. The van der Waals surface area contributed by atoms with Crippen molar-refractivity contribution >= 4 is 28.1 Å². The lowest BCUT2D eigenvalue weighted by Gasteiger charge is -2.11. The molecule has 0 spiro atoms. The topological polar surface area (TPSA) is 99.7 Å². The number of hydrogen-bond acceptors (Lipinski definition) is 6. The van der Waals surface area contributed by atoms with E-state index in [1.54, 1.807) is 24.8 Å². The van der Waals surface area contributed by atoms with Gasteiger partial charge in [0, 0.05) is 13.1 Å². The molecule has 24 heavy (non-hydrogen) atoms. The highest BCUT2D eigenvalue weighted by molar-refractivity contribution is 5.79. The van der Waals surface area contributed by atoms with Crippen molar-refractivity contribution in [3.8, 4) is 6.07 Å². The largest absolute Gasteiger partial charge is 0.514 e. The highest BCUT2D eigenvalue weighted by Crippen LogP contribution is 2.24. The second-order valence-corrected chi connectivity index (χ2v) is 5.27. The summed E-state index contributed by atoms with van der Waals surface area (Å²) in [6.07, 6.45) is 6.62. The van der Waals surface area contributed by atoms with E-state index in [0.717, 1.165) is 35.0 Å². The second kappa shape index (κ2) is 6.38. The van der Waals surface area contributed by atoms with E-state index < -0.39 is 0 Å². The van der Waals surface area contributed by atoms with Gasteiger partial charge in [0.2, 0.25) is 0 Å². The van der Waals surface area contributed by atoms with Crippen molar-refractivity contribution in [2.24, 2.45) is 7.05 Å². The Kier molecular flexibility index (Phi) is 4.12. The van der Waals surface area contributed by atoms with E-state index in [1.165, 1.54) is 0 Å². The van der Waals surface area contributed by atoms with Gasteiger partial charge in [-0.1, -0.05) is 6.92 Å². The van der Waals surface area contributed by atoms with Gasteiger partial charge in [-0.25, -0.2) is 9.97 Å². The molecule has 0 saturated heterocycles. The first kappa shape index (κ1) is 15.5. The first-order valence-corrected chi connectivity index (χ1v) is 7.44. The second-order valence-electron chi connectivity index (χ2n) is 5.27. The molecule has 7 heteroatoms. The molecule has 0 aliphatic rings. The summed E-state index contributed by atoms with van der Waals surface area (Å²) in [4.78, 5) is 12.8. The fourth-order valence-electron chi connectivity index (χ4n) is 2.44. The van der Waals surface area contributed by atoms with E-state index in [4.69, 9.17) is 10.4 Å². The minimum absolute atomic E-state index is 0.130. The van der Waals surface area contributed by atoms with Gasteiger partial charge in [0.25, 0.3) is 0 Å². The number of imidazole rings is 1. The third-order valence-corrected chi connectivity index (χ3v) is 3.77. The molecule has 0 aromatic carbocycles. The fourth-order valence-corrected chi connectivity index (χ4v) is 2.44. The Morgan fingerprint density at radius 1 is 1.33 bits per heavy atom. The normalized spacial score (nSPS) is 11.5. The molecule has 0 aliphatic carbocycles. The lowest BCUT2D eigenvalue weighted by Crippen LogP contribution is -2.01. The van der Waals surface area contributed by atoms with Crippen molar-refractivity contribution in [2.75, 3.05) is 5.32 Å². The summed E-state index contributed by atoms with van der Waals surface area (Å²) in [6.45, 7) is 2.01. The molecule has 0 fully saturated rings. The number of hydrogen-bond donors (Lipinski definition) is 2. The van der Waals surface area contributed by atoms with Crippen molar-refractivity contribution in [2.45, 2.75) is 13.3 Å². The Morgan fingerprint density at radius 2 is 2.17 bits per heavy atom. The number of fused-ring (bicyclic) bond motifs is 1. The van der Waals surface area contributed by atoms with Crippen LogP contribution in [0.15, 0.2) is 37.1 Å². The number of nitriles is 1. The van der Waals surface area contributed by atoms with Gasteiger partial charge in [0.1, 0.15) is 23.0 Å². The number of pyridine rings is 2. The standard InChI is InChI=1S/C17H16N6O/c1-3-11-4-13(12(6-18)9-24)19-7-14(11)22-17-5-16-15(8-20-17)21-10-23(16)2/h4-5,7-10,24H,3H2,1-2H3,(H,20,22)/b12-9-. The molecular weight excluding hydrogens is 304 g/mol. The summed E-state index contributed by atoms with van der Waals surface area (Å²) >= 11 is 0. The molecule has 0 bridgehead atoms. The number of nitrogens with zero attached hydrogens (tertiary/aromatic N) is 5. The van der Waals surface area contributed by atoms with Gasteiger partial charge in [0.05, 0.1) is 41.9 Å². The number of nitrogens with one attached hydrogen (secondary N) is 1. The molecule has 0 saturated carbocycles. The van der Waals surface area contributed by atoms with Crippen LogP contribution in [0.3, 0.4) is 0 Å². The van der Waals surface area contributed by atoms with Crippen LogP contribution in [0.5, 0.6) is 0 Å². The average Bonchev–Trinajstić information content (AvgIpc) is 2.98. The summed E-state index contributed by atoms with van der Waals surface area (Å²) < 4.78 is 1.93. The molecule has 3 aromatic heterocycles. The smallest absolute Gasteiger partial charge is 0.132 e. The number of aryl methyl sites for hydroxylation is 2. The van der Waals surface area contributed by atoms with E-state index in [2.05, 4.69) is 20.3 Å². The van der Waals surface area contributed by atoms with Gasteiger partial charge < -0.3 is 15.0 Å². The van der Waals surface area contributed by atoms with Crippen LogP contribution >= 0.6 is 0 Å². The number of anilines is 2. The number of aliphatic hydroxyl groups is 1. The van der Waals surface area contributed by atoms with Crippen LogP contribution in [0, 0.1) is 11.3 Å². The van der Waals surface area contributed by atoms with Gasteiger partial charge in [0.15, 0.2) is 0 Å². The zero-order valence-corrected chi connectivity index (χ0v) is 13.4. The third-order valence-electron chi connectivity index (χ3n) is 3.77. The zero-order valence-electron chi connectivity index (χ0n) is 13.4. The van der Waals surface area contributed by atoms with E-state index in [9.17, 15) is 0 Å². The molecule has 0 aliphatic heterocycles. The molecule has 0 unspecified atom stereocenters. The predicted octanol–water partition coefficient (Wildman–Crippen LogP) is 3.09. The van der Waals surface area contributed by atoms with E-state index in [0.29, 0.717) is 11.5 Å². The molecule has 2 N–H and O–H groups in total. The predicted molar refractivity (Wildman–Crippen MR) is 91.6 cm³/mol. The minimum atomic E-state index is 0.130. The van der Waals surface area contributed by atoms with Gasteiger partial charge >= 0.3 is 0 Å². The number of aromatic nitrogens is 4. The van der Waals surface area contributed by atoms with E-state index in [-0.39, 0.29) is 5.57 Å². The summed E-state index contributed by atoms with van der Waals surface area (Å²) in [5, 5.41) is 21.4. The SMILES string of the molecule is CCc1cc(/C(C#N)=C\O)ncc1Nc1cc2c(cn1)ncn2C. The van der Waals surface area contributed by atoms with E-state index in [1.807, 2.05) is 30.7 Å². The molecule has 3 aromatic rings. The number of aliphatic hydroxyl groups excluding tert-OH is 1. The van der Waals surface area contributed by atoms with Crippen molar-refractivity contribution < 1.29 is 5.11 Å². The van der Waals surface area contributed by atoms with E-state index >= 15 is 0 Å². The maximum absolute atomic E-state index is 9.10. The van der Waals surface area contributed by atoms with Crippen LogP contribution in [0.25, 0.3) is 16.6 Å². The maximum Gasteiger partial charge on any atom is 0.132 e. The van der Waals surface area contributed by atoms with Gasteiger partial charge in [-0.05, 0) is 18.1 Å². The molecule has 3 rings (SSSR count). The van der Waals surface area contributed by atoms with Crippen molar-refractivity contribution in [1.82, 2.24) is 19.5 Å². The lowest BCUT2D eigenvalue weighted by molar-refractivity contribution is 0.476. The minimum Gasteiger partial charge on any atom is -0.514 e. The van der Waals surface area contributed by atoms with Crippen LogP contribution in [-0.2, 0) is 13.5 Å². The van der Waals surface area contributed by atoms with Gasteiger partial charge in [-0.3, -0.25) is 4.98 Å². The average molecular weight is 320 g/mol. The van der Waals surface area contributed by atoms with Gasteiger partial charge in [-0.15, -0.1) is 0 Å². The zero-order chi connectivity index (χ0) is 17.1.